The summed E-state index contributed by atoms with van der Waals surface area (Å²) in [5, 5.41) is 9.17. The Morgan fingerprint density at radius 3 is 2.35 bits per heavy atom. The molecule has 0 aromatic rings. The van der Waals surface area contributed by atoms with E-state index >= 15 is 0 Å². The molecule has 2 saturated carbocycles. The summed E-state index contributed by atoms with van der Waals surface area (Å²) in [6.07, 6.45) is 8.05. The van der Waals surface area contributed by atoms with Crippen molar-refractivity contribution in [2.45, 2.75) is 70.4 Å². The molecule has 0 aromatic heterocycles. The molecule has 0 unspecified atom stereocenters. The van der Waals surface area contributed by atoms with Crippen LogP contribution in [0.1, 0.15) is 58.3 Å². The summed E-state index contributed by atoms with van der Waals surface area (Å²) in [6.45, 7) is 6.69. The van der Waals surface area contributed by atoms with Crippen molar-refractivity contribution in [1.82, 2.24) is 14.7 Å². The van der Waals surface area contributed by atoms with Crippen LogP contribution in [-0.2, 0) is 4.79 Å². The second-order valence-corrected chi connectivity index (χ2v) is 9.13. The van der Waals surface area contributed by atoms with Gasteiger partial charge in [-0.15, -0.1) is 0 Å². The van der Waals surface area contributed by atoms with Gasteiger partial charge >= 0.3 is 6.09 Å². The van der Waals surface area contributed by atoms with Gasteiger partial charge in [0, 0.05) is 38.1 Å². The van der Waals surface area contributed by atoms with Gasteiger partial charge in [-0.2, -0.15) is 0 Å². The average Bonchev–Trinajstić information content (AvgIpc) is 3.35. The molecular formula is C20H33N3O3. The highest BCUT2D eigenvalue weighted by molar-refractivity contribution is 5.76. The zero-order valence-electron chi connectivity index (χ0n) is 16.0. The summed E-state index contributed by atoms with van der Waals surface area (Å²) in [5.74, 6) is 0.991. The third kappa shape index (κ3) is 3.57. The third-order valence-electron chi connectivity index (χ3n) is 7.28. The number of piperidine rings is 1. The molecule has 0 aromatic carbocycles. The van der Waals surface area contributed by atoms with Gasteiger partial charge < -0.3 is 19.8 Å². The second kappa shape index (κ2) is 7.02. The van der Waals surface area contributed by atoms with Crippen LogP contribution < -0.4 is 0 Å². The maximum atomic E-state index is 12.2. The van der Waals surface area contributed by atoms with E-state index in [1.807, 2.05) is 6.92 Å². The molecule has 2 aliphatic heterocycles. The summed E-state index contributed by atoms with van der Waals surface area (Å²) in [4.78, 5) is 29.7. The van der Waals surface area contributed by atoms with Crippen molar-refractivity contribution in [2.75, 3.05) is 32.7 Å². The number of amides is 2. The number of hydrogen-bond acceptors (Lipinski definition) is 3. The number of rotatable bonds is 5. The summed E-state index contributed by atoms with van der Waals surface area (Å²) in [5.41, 5.74) is 0.274. The number of carbonyl (C=O) groups excluding carboxylic acids is 1. The van der Waals surface area contributed by atoms with Crippen LogP contribution in [0.25, 0.3) is 0 Å². The van der Waals surface area contributed by atoms with Gasteiger partial charge in [0.2, 0.25) is 5.91 Å². The number of hydrogen-bond donors (Lipinski definition) is 1. The maximum Gasteiger partial charge on any atom is 0.407 e. The predicted molar refractivity (Wildman–Crippen MR) is 99.0 cm³/mol. The van der Waals surface area contributed by atoms with E-state index in [9.17, 15) is 9.59 Å². The molecule has 1 N–H and O–H groups in total. The molecule has 146 valence electrons. The van der Waals surface area contributed by atoms with E-state index in [4.69, 9.17) is 5.11 Å². The van der Waals surface area contributed by atoms with E-state index in [0.717, 1.165) is 32.6 Å². The highest BCUT2D eigenvalue weighted by Crippen LogP contribution is 2.50. The van der Waals surface area contributed by atoms with Crippen molar-refractivity contribution in [3.05, 3.63) is 0 Å². The van der Waals surface area contributed by atoms with Crippen molar-refractivity contribution in [3.8, 4) is 0 Å². The van der Waals surface area contributed by atoms with E-state index in [1.165, 1.54) is 38.5 Å². The molecule has 26 heavy (non-hydrogen) atoms. The van der Waals surface area contributed by atoms with E-state index in [-0.39, 0.29) is 5.41 Å². The topological polar surface area (TPSA) is 64.1 Å². The first-order chi connectivity index (χ1) is 12.5. The molecule has 6 nitrogen and oxygen atoms in total. The van der Waals surface area contributed by atoms with Crippen LogP contribution in [0.3, 0.4) is 0 Å². The first kappa shape index (κ1) is 18.1. The SMILES string of the molecule is CCC(=O)N(CC1CCN(C2CC3(CCN(C(=O)O)C3)C2)CC1)C1CC1. The smallest absolute Gasteiger partial charge is 0.407 e. The molecule has 2 aliphatic carbocycles. The van der Waals surface area contributed by atoms with Gasteiger partial charge in [-0.05, 0) is 69.4 Å². The summed E-state index contributed by atoms with van der Waals surface area (Å²) < 4.78 is 0. The summed E-state index contributed by atoms with van der Waals surface area (Å²) in [7, 11) is 0. The number of likely N-dealkylation sites (tertiary alicyclic amines) is 2. The van der Waals surface area contributed by atoms with Crippen molar-refractivity contribution in [3.63, 3.8) is 0 Å². The van der Waals surface area contributed by atoms with Crippen LogP contribution in [0.4, 0.5) is 4.79 Å². The Bertz CT molecular complexity index is 549. The normalized spacial score (nSPS) is 32.7. The molecular weight excluding hydrogens is 330 g/mol. The van der Waals surface area contributed by atoms with Gasteiger partial charge in [0.1, 0.15) is 0 Å². The Morgan fingerprint density at radius 1 is 1.12 bits per heavy atom. The fourth-order valence-corrected chi connectivity index (χ4v) is 5.45. The van der Waals surface area contributed by atoms with Gasteiger partial charge in [0.15, 0.2) is 0 Å². The van der Waals surface area contributed by atoms with Crippen LogP contribution in [0.15, 0.2) is 0 Å². The molecule has 2 amide bonds. The lowest BCUT2D eigenvalue weighted by Crippen LogP contribution is -2.54. The van der Waals surface area contributed by atoms with Crippen LogP contribution >= 0.6 is 0 Å². The Balaban J connectivity index is 1.21. The lowest BCUT2D eigenvalue weighted by Gasteiger charge is -2.51. The average molecular weight is 364 g/mol. The zero-order chi connectivity index (χ0) is 18.3. The number of carboxylic acid groups (broad SMARTS) is 1. The Kier molecular flexibility index (Phi) is 4.88. The van der Waals surface area contributed by atoms with Gasteiger partial charge in [0.05, 0.1) is 0 Å². The summed E-state index contributed by atoms with van der Waals surface area (Å²) >= 11 is 0. The minimum Gasteiger partial charge on any atom is -0.465 e. The zero-order valence-corrected chi connectivity index (χ0v) is 16.0. The van der Waals surface area contributed by atoms with Gasteiger partial charge in [-0.3, -0.25) is 4.79 Å². The molecule has 4 aliphatic rings. The Hall–Kier alpha value is -1.30. The molecule has 0 radical (unpaired) electrons. The Labute approximate surface area is 156 Å². The maximum absolute atomic E-state index is 12.2. The van der Waals surface area contributed by atoms with Crippen LogP contribution in [0, 0.1) is 11.3 Å². The van der Waals surface area contributed by atoms with Gasteiger partial charge in [0.25, 0.3) is 0 Å². The van der Waals surface area contributed by atoms with Crippen molar-refractivity contribution in [1.29, 1.82) is 0 Å². The highest BCUT2D eigenvalue weighted by atomic mass is 16.4. The van der Waals surface area contributed by atoms with E-state index < -0.39 is 6.09 Å². The highest BCUT2D eigenvalue weighted by Gasteiger charge is 2.51. The third-order valence-corrected chi connectivity index (χ3v) is 7.28. The van der Waals surface area contributed by atoms with Crippen molar-refractivity contribution in [2.24, 2.45) is 11.3 Å². The number of carbonyl (C=O) groups is 2. The lowest BCUT2D eigenvalue weighted by molar-refractivity contribution is -0.132. The molecule has 0 bridgehead atoms. The summed E-state index contributed by atoms with van der Waals surface area (Å²) in [6, 6.07) is 1.19. The van der Waals surface area contributed by atoms with Gasteiger partial charge in [-0.25, -0.2) is 4.79 Å². The molecule has 1 spiro atoms. The fraction of sp³-hybridized carbons (Fsp3) is 0.900. The van der Waals surface area contributed by atoms with Crippen LogP contribution in [0.5, 0.6) is 0 Å². The number of nitrogens with zero attached hydrogens (tertiary/aromatic N) is 3. The van der Waals surface area contributed by atoms with E-state index in [1.54, 1.807) is 4.90 Å². The molecule has 4 rings (SSSR count). The molecule has 2 saturated heterocycles. The predicted octanol–water partition coefficient (Wildman–Crippen LogP) is 2.63. The van der Waals surface area contributed by atoms with Crippen LogP contribution in [0.2, 0.25) is 0 Å². The molecule has 0 atom stereocenters. The van der Waals surface area contributed by atoms with E-state index in [2.05, 4.69) is 9.80 Å². The van der Waals surface area contributed by atoms with Crippen molar-refractivity contribution < 1.29 is 14.7 Å². The monoisotopic (exact) mass is 363 g/mol. The largest absolute Gasteiger partial charge is 0.465 e. The molecule has 2 heterocycles. The molecule has 4 fully saturated rings. The van der Waals surface area contributed by atoms with Gasteiger partial charge in [-0.1, -0.05) is 6.92 Å². The van der Waals surface area contributed by atoms with Crippen LogP contribution in [-0.4, -0.2) is 76.6 Å². The van der Waals surface area contributed by atoms with E-state index in [0.29, 0.717) is 36.9 Å². The first-order valence-electron chi connectivity index (χ1n) is 10.5. The molecule has 6 heteroatoms. The lowest BCUT2D eigenvalue weighted by atomic mass is 9.64. The fourth-order valence-electron chi connectivity index (χ4n) is 5.45. The van der Waals surface area contributed by atoms with Crippen molar-refractivity contribution >= 4 is 12.0 Å². The standard InChI is InChI=1S/C20H33N3O3/c1-2-18(24)23(16-3-4-16)13-15-5-8-21(9-6-15)17-11-20(12-17)7-10-22(14-20)19(25)26/h15-17H,2-14H2,1H3,(H,25,26). The quantitative estimate of drug-likeness (QED) is 0.816. The minimum absolute atomic E-state index is 0.274. The first-order valence-corrected chi connectivity index (χ1v) is 10.5. The Morgan fingerprint density at radius 2 is 1.81 bits per heavy atom. The second-order valence-electron chi connectivity index (χ2n) is 9.13. The minimum atomic E-state index is -0.756.